The molecule has 2 N–H and O–H groups in total. The van der Waals surface area contributed by atoms with E-state index in [1.54, 1.807) is 12.1 Å². The highest BCUT2D eigenvalue weighted by Crippen LogP contribution is 2.30. The van der Waals surface area contributed by atoms with E-state index < -0.39 is 33.6 Å². The fourth-order valence-corrected chi connectivity index (χ4v) is 5.17. The van der Waals surface area contributed by atoms with Crippen molar-refractivity contribution >= 4 is 32.4 Å². The van der Waals surface area contributed by atoms with Crippen LogP contribution >= 0.6 is 0 Å². The van der Waals surface area contributed by atoms with Crippen molar-refractivity contribution in [2.45, 2.75) is 11.4 Å². The first-order chi connectivity index (χ1) is 15.8. The largest absolute Gasteiger partial charge is 0.495 e. The molecule has 0 spiro atoms. The number of aromatic amines is 1. The molecule has 1 aromatic heterocycles. The normalized spacial score (nSPS) is 14.8. The molecule has 1 fully saturated rings. The lowest BCUT2D eigenvalue weighted by Gasteiger charge is -2.26. The summed E-state index contributed by atoms with van der Waals surface area (Å²) in [6, 6.07) is 10.5. The third kappa shape index (κ3) is 4.53. The molecule has 1 aliphatic rings. The van der Waals surface area contributed by atoms with Gasteiger partial charge in [-0.25, -0.2) is 13.1 Å². The number of aromatic nitrogens is 2. The van der Waals surface area contributed by atoms with Gasteiger partial charge in [0.25, 0.3) is 11.1 Å². The lowest BCUT2D eigenvalue weighted by atomic mass is 10.2. The predicted molar refractivity (Wildman–Crippen MR) is 120 cm³/mol. The number of benzene rings is 2. The molecule has 1 amide bonds. The number of hydrogen-bond acceptors (Lipinski definition) is 7. The average Bonchev–Trinajstić information content (AvgIpc) is 2.83. The van der Waals surface area contributed by atoms with Gasteiger partial charge in [0.1, 0.15) is 17.2 Å². The molecule has 0 aliphatic carbocycles. The smallest absolute Gasteiger partial charge is 0.273 e. The number of rotatable bonds is 6. The fourth-order valence-electron chi connectivity index (χ4n) is 3.58. The molecular weight excluding hydrogens is 452 g/mol. The van der Waals surface area contributed by atoms with Gasteiger partial charge in [0.15, 0.2) is 0 Å². The van der Waals surface area contributed by atoms with Gasteiger partial charge in [-0.1, -0.05) is 12.1 Å². The zero-order chi connectivity index (χ0) is 23.6. The van der Waals surface area contributed by atoms with Crippen LogP contribution < -0.4 is 21.2 Å². The van der Waals surface area contributed by atoms with Gasteiger partial charge in [0, 0.05) is 18.8 Å². The van der Waals surface area contributed by atoms with Gasteiger partial charge in [-0.15, -0.1) is 0 Å². The molecular formula is C21H22N4O7S. The number of H-pyrrole nitrogens is 1. The molecule has 0 unspecified atom stereocenters. The van der Waals surface area contributed by atoms with Gasteiger partial charge in [0.05, 0.1) is 31.1 Å². The highest BCUT2D eigenvalue weighted by Gasteiger charge is 2.29. The molecule has 0 saturated carbocycles. The van der Waals surface area contributed by atoms with Crippen molar-refractivity contribution in [1.82, 2.24) is 14.1 Å². The highest BCUT2D eigenvalue weighted by atomic mass is 32.2. The summed E-state index contributed by atoms with van der Waals surface area (Å²) < 4.78 is 38.8. The van der Waals surface area contributed by atoms with E-state index in [4.69, 9.17) is 9.47 Å². The summed E-state index contributed by atoms with van der Waals surface area (Å²) in [5, 5.41) is 5.37. The number of carbonyl (C=O) groups is 1. The molecule has 0 radical (unpaired) electrons. The lowest BCUT2D eigenvalue weighted by molar-refractivity contribution is -0.117. The summed E-state index contributed by atoms with van der Waals surface area (Å²) in [5.41, 5.74) is -0.823. The Morgan fingerprint density at radius 3 is 2.52 bits per heavy atom. The van der Waals surface area contributed by atoms with Crippen LogP contribution in [0, 0.1) is 0 Å². The average molecular weight is 474 g/mol. The topological polar surface area (TPSA) is 140 Å². The van der Waals surface area contributed by atoms with Crippen molar-refractivity contribution < 1.29 is 22.7 Å². The number of fused-ring (bicyclic) bond motifs is 1. The van der Waals surface area contributed by atoms with Gasteiger partial charge in [-0.05, 0) is 30.3 Å². The number of ether oxygens (including phenoxy) is 2. The third-order valence-corrected chi connectivity index (χ3v) is 7.14. The van der Waals surface area contributed by atoms with E-state index in [0.29, 0.717) is 0 Å². The quantitative estimate of drug-likeness (QED) is 0.526. The van der Waals surface area contributed by atoms with E-state index in [0.717, 1.165) is 4.68 Å². The second-order valence-electron chi connectivity index (χ2n) is 7.31. The zero-order valence-electron chi connectivity index (χ0n) is 17.7. The van der Waals surface area contributed by atoms with Crippen LogP contribution in [0.2, 0.25) is 0 Å². The minimum Gasteiger partial charge on any atom is -0.495 e. The Morgan fingerprint density at radius 1 is 1.12 bits per heavy atom. The molecule has 1 aliphatic heterocycles. The second-order valence-corrected chi connectivity index (χ2v) is 9.21. The Balaban J connectivity index is 1.60. The molecule has 0 atom stereocenters. The first-order valence-corrected chi connectivity index (χ1v) is 11.5. The summed E-state index contributed by atoms with van der Waals surface area (Å²) in [4.78, 5) is 37.3. The first kappa shape index (κ1) is 22.7. The second kappa shape index (κ2) is 9.17. The number of hydrogen-bond donors (Lipinski definition) is 2. The van der Waals surface area contributed by atoms with E-state index in [-0.39, 0.29) is 53.4 Å². The van der Waals surface area contributed by atoms with Gasteiger partial charge >= 0.3 is 0 Å². The third-order valence-electron chi connectivity index (χ3n) is 5.22. The van der Waals surface area contributed by atoms with Crippen molar-refractivity contribution in [2.24, 2.45) is 0 Å². The molecule has 11 nitrogen and oxygen atoms in total. The van der Waals surface area contributed by atoms with Crippen molar-refractivity contribution in [1.29, 1.82) is 0 Å². The number of nitrogens with one attached hydrogen (secondary N) is 2. The molecule has 3 aromatic rings. The molecule has 1 saturated heterocycles. The lowest BCUT2D eigenvalue weighted by Crippen LogP contribution is -2.40. The summed E-state index contributed by atoms with van der Waals surface area (Å²) in [7, 11) is -2.53. The Kier molecular flexibility index (Phi) is 6.31. The minimum atomic E-state index is -3.88. The highest BCUT2D eigenvalue weighted by molar-refractivity contribution is 7.89. The molecule has 2 heterocycles. The molecule has 33 heavy (non-hydrogen) atoms. The van der Waals surface area contributed by atoms with E-state index in [1.807, 2.05) is 0 Å². The summed E-state index contributed by atoms with van der Waals surface area (Å²) in [6.45, 7) is 0.532. The standard InChI is InChI=1S/C21H22N4O7S/c1-31-17-7-6-14(12-18(17)33(29,30)24-8-10-32-11-9-24)22-19(26)13-25-21(28)16-5-3-2-4-15(16)20(27)23-25/h2-7,12H,8-11,13H2,1H3,(H,22,26)(H,23,27). The predicted octanol–water partition coefficient (Wildman–Crippen LogP) is 0.358. The van der Waals surface area contributed by atoms with Crippen LogP contribution in [0.15, 0.2) is 56.9 Å². The van der Waals surface area contributed by atoms with E-state index >= 15 is 0 Å². The minimum absolute atomic E-state index is 0.0963. The van der Waals surface area contributed by atoms with E-state index in [9.17, 15) is 22.8 Å². The van der Waals surface area contributed by atoms with Crippen LogP contribution in [0.1, 0.15) is 0 Å². The summed E-state index contributed by atoms with van der Waals surface area (Å²) in [6.07, 6.45) is 0. The van der Waals surface area contributed by atoms with Crippen LogP contribution in [0.25, 0.3) is 10.8 Å². The van der Waals surface area contributed by atoms with Crippen LogP contribution in [0.4, 0.5) is 5.69 Å². The Morgan fingerprint density at radius 2 is 1.82 bits per heavy atom. The Bertz CT molecular complexity index is 1420. The first-order valence-electron chi connectivity index (χ1n) is 10.1. The number of nitrogens with zero attached hydrogens (tertiary/aromatic N) is 2. The molecule has 2 aromatic carbocycles. The molecule has 174 valence electrons. The number of carbonyl (C=O) groups excluding carboxylic acids is 1. The number of methoxy groups -OCH3 is 1. The fraction of sp³-hybridized carbons (Fsp3) is 0.286. The number of anilines is 1. The number of amides is 1. The number of sulfonamides is 1. The Hall–Kier alpha value is -3.48. The van der Waals surface area contributed by atoms with Crippen molar-refractivity contribution in [2.75, 3.05) is 38.7 Å². The van der Waals surface area contributed by atoms with Gasteiger partial charge in [-0.2, -0.15) is 4.31 Å². The maximum Gasteiger partial charge on any atom is 0.273 e. The van der Waals surface area contributed by atoms with Crippen LogP contribution in [-0.4, -0.2) is 61.8 Å². The van der Waals surface area contributed by atoms with E-state index in [1.165, 1.54) is 41.7 Å². The van der Waals surface area contributed by atoms with Crippen LogP contribution in [0.5, 0.6) is 5.75 Å². The molecule has 12 heteroatoms. The van der Waals surface area contributed by atoms with Gasteiger partial charge < -0.3 is 14.8 Å². The molecule has 0 bridgehead atoms. The maximum atomic E-state index is 13.1. The zero-order valence-corrected chi connectivity index (χ0v) is 18.6. The summed E-state index contributed by atoms with van der Waals surface area (Å²) >= 11 is 0. The Labute approximate surface area is 188 Å². The van der Waals surface area contributed by atoms with Crippen molar-refractivity contribution in [3.63, 3.8) is 0 Å². The summed E-state index contributed by atoms with van der Waals surface area (Å²) in [5.74, 6) is -0.488. The molecule has 4 rings (SSSR count). The maximum absolute atomic E-state index is 13.1. The van der Waals surface area contributed by atoms with Gasteiger partial charge in [-0.3, -0.25) is 19.5 Å². The van der Waals surface area contributed by atoms with Crippen LogP contribution in [0.3, 0.4) is 0 Å². The van der Waals surface area contributed by atoms with E-state index in [2.05, 4.69) is 10.4 Å². The SMILES string of the molecule is COc1ccc(NC(=O)Cn2[nH]c(=O)c3ccccc3c2=O)cc1S(=O)(=O)N1CCOCC1. The van der Waals surface area contributed by atoms with Crippen LogP contribution in [-0.2, 0) is 26.1 Å². The van der Waals surface area contributed by atoms with Crippen molar-refractivity contribution in [3.8, 4) is 5.75 Å². The number of morpholine rings is 1. The van der Waals surface area contributed by atoms with Gasteiger partial charge in [0.2, 0.25) is 15.9 Å². The van der Waals surface area contributed by atoms with Crippen molar-refractivity contribution in [3.05, 3.63) is 63.2 Å². The monoisotopic (exact) mass is 474 g/mol.